The Balaban J connectivity index is 1.98. The molecule has 0 N–H and O–H groups in total. The summed E-state index contributed by atoms with van der Waals surface area (Å²) in [5.74, 6) is 1.57. The molecule has 0 spiro atoms. The molecule has 0 unspecified atom stereocenters. The molecule has 0 bridgehead atoms. The van der Waals surface area contributed by atoms with Crippen LogP contribution < -0.4 is 4.74 Å². The highest BCUT2D eigenvalue weighted by Crippen LogP contribution is 2.22. The van der Waals surface area contributed by atoms with Gasteiger partial charge in [0.15, 0.2) is 0 Å². The van der Waals surface area contributed by atoms with Crippen molar-refractivity contribution in [1.82, 2.24) is 0 Å². The van der Waals surface area contributed by atoms with Gasteiger partial charge in [-0.2, -0.15) is 0 Å². The SMILES string of the molecule is CC(C)CCOC(=O)c1cccc(Oc2ccccc2)c1. The number of hydrogen-bond acceptors (Lipinski definition) is 3. The van der Waals surface area contributed by atoms with Gasteiger partial charge in [-0.3, -0.25) is 0 Å². The average Bonchev–Trinajstić information content (AvgIpc) is 2.48. The lowest BCUT2D eigenvalue weighted by Gasteiger charge is -2.09. The molecule has 0 fully saturated rings. The van der Waals surface area contributed by atoms with E-state index in [4.69, 9.17) is 9.47 Å². The summed E-state index contributed by atoms with van der Waals surface area (Å²) in [6.07, 6.45) is 0.867. The van der Waals surface area contributed by atoms with E-state index < -0.39 is 0 Å². The minimum Gasteiger partial charge on any atom is -0.462 e. The molecule has 0 aromatic heterocycles. The second kappa shape index (κ2) is 7.48. The number of carbonyl (C=O) groups excluding carboxylic acids is 1. The van der Waals surface area contributed by atoms with Crippen molar-refractivity contribution >= 4 is 5.97 Å². The molecule has 3 nitrogen and oxygen atoms in total. The molecule has 2 aromatic rings. The zero-order chi connectivity index (χ0) is 15.1. The lowest BCUT2D eigenvalue weighted by Crippen LogP contribution is -2.08. The number of benzene rings is 2. The van der Waals surface area contributed by atoms with Crippen molar-refractivity contribution in [2.45, 2.75) is 20.3 Å². The van der Waals surface area contributed by atoms with Gasteiger partial charge >= 0.3 is 5.97 Å². The van der Waals surface area contributed by atoms with Gasteiger partial charge in [-0.25, -0.2) is 4.79 Å². The maximum Gasteiger partial charge on any atom is 0.338 e. The van der Waals surface area contributed by atoms with Crippen LogP contribution in [0.25, 0.3) is 0 Å². The standard InChI is InChI=1S/C18H20O3/c1-14(2)11-12-20-18(19)15-7-6-10-17(13-15)21-16-8-4-3-5-9-16/h3-10,13-14H,11-12H2,1-2H3. The number of para-hydroxylation sites is 1. The molecule has 0 aliphatic carbocycles. The number of hydrogen-bond donors (Lipinski definition) is 0. The zero-order valence-corrected chi connectivity index (χ0v) is 12.4. The van der Waals surface area contributed by atoms with Crippen molar-refractivity contribution in [2.75, 3.05) is 6.61 Å². The Morgan fingerprint density at radius 2 is 1.71 bits per heavy atom. The number of esters is 1. The Morgan fingerprint density at radius 3 is 2.43 bits per heavy atom. The monoisotopic (exact) mass is 284 g/mol. The van der Waals surface area contributed by atoms with Crippen molar-refractivity contribution in [1.29, 1.82) is 0 Å². The van der Waals surface area contributed by atoms with Crippen LogP contribution in [0.3, 0.4) is 0 Å². The van der Waals surface area contributed by atoms with Gasteiger partial charge in [0.05, 0.1) is 12.2 Å². The Morgan fingerprint density at radius 1 is 1.00 bits per heavy atom. The molecular formula is C18H20O3. The quantitative estimate of drug-likeness (QED) is 0.722. The molecule has 0 aliphatic rings. The van der Waals surface area contributed by atoms with Gasteiger partial charge in [-0.05, 0) is 42.7 Å². The van der Waals surface area contributed by atoms with Crippen LogP contribution in [-0.2, 0) is 4.74 Å². The van der Waals surface area contributed by atoms with Crippen LogP contribution in [0, 0.1) is 5.92 Å². The van der Waals surface area contributed by atoms with Crippen molar-refractivity contribution in [3.8, 4) is 11.5 Å². The molecule has 3 heteroatoms. The molecule has 0 aliphatic heterocycles. The molecule has 110 valence electrons. The Kier molecular flexibility index (Phi) is 5.38. The van der Waals surface area contributed by atoms with Crippen molar-refractivity contribution in [3.63, 3.8) is 0 Å². The van der Waals surface area contributed by atoms with Crippen LogP contribution in [0.2, 0.25) is 0 Å². The maximum atomic E-state index is 12.0. The third-order valence-corrected chi connectivity index (χ3v) is 2.98. The summed E-state index contributed by atoms with van der Waals surface area (Å²) in [4.78, 5) is 12.0. The Hall–Kier alpha value is -2.29. The lowest BCUT2D eigenvalue weighted by atomic mass is 10.1. The normalized spacial score (nSPS) is 10.4. The lowest BCUT2D eigenvalue weighted by molar-refractivity contribution is 0.0487. The van der Waals surface area contributed by atoms with Crippen LogP contribution in [0.1, 0.15) is 30.6 Å². The fraction of sp³-hybridized carbons (Fsp3) is 0.278. The van der Waals surface area contributed by atoms with Gasteiger partial charge in [0.25, 0.3) is 0 Å². The molecule has 2 rings (SSSR count). The summed E-state index contributed by atoms with van der Waals surface area (Å²) >= 11 is 0. The van der Waals surface area contributed by atoms with Gasteiger partial charge in [0.1, 0.15) is 11.5 Å². The van der Waals surface area contributed by atoms with Crippen molar-refractivity contribution < 1.29 is 14.3 Å². The zero-order valence-electron chi connectivity index (χ0n) is 12.4. The molecule has 2 aromatic carbocycles. The molecule has 0 amide bonds. The number of rotatable bonds is 6. The summed E-state index contributed by atoms with van der Waals surface area (Å²) in [5.41, 5.74) is 0.507. The van der Waals surface area contributed by atoms with Crippen molar-refractivity contribution in [3.05, 3.63) is 60.2 Å². The first-order valence-corrected chi connectivity index (χ1v) is 7.15. The maximum absolute atomic E-state index is 12.0. The van der Waals surface area contributed by atoms with Crippen LogP contribution in [-0.4, -0.2) is 12.6 Å². The van der Waals surface area contributed by atoms with Crippen LogP contribution in [0.5, 0.6) is 11.5 Å². The van der Waals surface area contributed by atoms with Crippen LogP contribution in [0.4, 0.5) is 0 Å². The fourth-order valence-electron chi connectivity index (χ4n) is 1.78. The summed E-state index contributed by atoms with van der Waals surface area (Å²) in [6.45, 7) is 4.64. The second-order valence-electron chi connectivity index (χ2n) is 5.26. The third-order valence-electron chi connectivity index (χ3n) is 2.98. The number of carbonyl (C=O) groups is 1. The second-order valence-corrected chi connectivity index (χ2v) is 5.26. The van der Waals surface area contributed by atoms with E-state index >= 15 is 0 Å². The highest BCUT2D eigenvalue weighted by molar-refractivity contribution is 5.89. The predicted molar refractivity (Wildman–Crippen MR) is 82.7 cm³/mol. The fourth-order valence-corrected chi connectivity index (χ4v) is 1.78. The first kappa shape index (κ1) is 15.1. The van der Waals surface area contributed by atoms with Gasteiger partial charge in [0, 0.05) is 0 Å². The Bertz CT molecular complexity index is 576. The summed E-state index contributed by atoms with van der Waals surface area (Å²) in [7, 11) is 0. The van der Waals surface area contributed by atoms with Crippen LogP contribution >= 0.6 is 0 Å². The molecule has 21 heavy (non-hydrogen) atoms. The molecule has 0 heterocycles. The molecule has 0 saturated carbocycles. The number of ether oxygens (including phenoxy) is 2. The van der Waals surface area contributed by atoms with E-state index in [0.29, 0.717) is 23.8 Å². The summed E-state index contributed by atoms with van der Waals surface area (Å²) in [5, 5.41) is 0. The van der Waals surface area contributed by atoms with Gasteiger partial charge in [0.2, 0.25) is 0 Å². The predicted octanol–water partition coefficient (Wildman–Crippen LogP) is 4.68. The first-order chi connectivity index (χ1) is 10.1. The first-order valence-electron chi connectivity index (χ1n) is 7.15. The minimum absolute atomic E-state index is 0.311. The summed E-state index contributed by atoms with van der Waals surface area (Å²) < 4.78 is 11.0. The molecule has 0 atom stereocenters. The van der Waals surface area contributed by atoms with Crippen molar-refractivity contribution in [2.24, 2.45) is 5.92 Å². The van der Waals surface area contributed by atoms with Gasteiger partial charge in [-0.1, -0.05) is 38.1 Å². The van der Waals surface area contributed by atoms with Gasteiger partial charge in [-0.15, -0.1) is 0 Å². The van der Waals surface area contributed by atoms with E-state index in [1.807, 2.05) is 36.4 Å². The third kappa shape index (κ3) is 4.95. The topological polar surface area (TPSA) is 35.5 Å². The van der Waals surface area contributed by atoms with E-state index in [-0.39, 0.29) is 5.97 Å². The van der Waals surface area contributed by atoms with Crippen LogP contribution in [0.15, 0.2) is 54.6 Å². The molecule has 0 radical (unpaired) electrons. The highest BCUT2D eigenvalue weighted by atomic mass is 16.5. The van der Waals surface area contributed by atoms with Gasteiger partial charge < -0.3 is 9.47 Å². The molecule has 0 saturated heterocycles. The van der Waals surface area contributed by atoms with E-state index in [2.05, 4.69) is 13.8 Å². The highest BCUT2D eigenvalue weighted by Gasteiger charge is 2.09. The average molecular weight is 284 g/mol. The summed E-state index contributed by atoms with van der Waals surface area (Å²) in [6, 6.07) is 16.5. The smallest absolute Gasteiger partial charge is 0.338 e. The Labute approximate surface area is 125 Å². The molecular weight excluding hydrogens is 264 g/mol. The van der Waals surface area contributed by atoms with E-state index in [0.717, 1.165) is 12.2 Å². The van der Waals surface area contributed by atoms with E-state index in [1.54, 1.807) is 18.2 Å². The van der Waals surface area contributed by atoms with E-state index in [9.17, 15) is 4.79 Å². The minimum atomic E-state index is -0.311. The van der Waals surface area contributed by atoms with E-state index in [1.165, 1.54) is 0 Å². The largest absolute Gasteiger partial charge is 0.462 e.